The van der Waals surface area contributed by atoms with Crippen molar-refractivity contribution in [2.24, 2.45) is 0 Å². The average Bonchev–Trinajstić information content (AvgIpc) is 2.21. The molecule has 0 heterocycles. The second-order valence-electron chi connectivity index (χ2n) is 2.91. The number of rotatable bonds is 4. The zero-order valence-corrected chi connectivity index (χ0v) is 27.3. The summed E-state index contributed by atoms with van der Waals surface area (Å²) < 4.78 is 1.38. The predicted octanol–water partition coefficient (Wildman–Crippen LogP) is 3.07. The summed E-state index contributed by atoms with van der Waals surface area (Å²) in [6.07, 6.45) is 0. The maximum absolute atomic E-state index is 4.81. The first-order valence-corrected chi connectivity index (χ1v) is 7.11. The molecule has 0 amide bonds. The first kappa shape index (κ1) is 44.0. The molecule has 0 aliphatic carbocycles. The number of thiol groups is 2. The molecule has 0 aromatic carbocycles. The molecule has 0 aliphatic heterocycles. The van der Waals surface area contributed by atoms with Gasteiger partial charge in [0.2, 0.25) is 0 Å². The van der Waals surface area contributed by atoms with Gasteiger partial charge in [-0.2, -0.15) is 0 Å². The molecule has 0 aromatic heterocycles. The third-order valence-electron chi connectivity index (χ3n) is 2.07. The van der Waals surface area contributed by atoms with E-state index in [4.69, 9.17) is 24.4 Å². The van der Waals surface area contributed by atoms with Crippen molar-refractivity contribution < 1.29 is 58.4 Å². The molecular weight excluding hydrogens is 537 g/mol. The van der Waals surface area contributed by atoms with Crippen molar-refractivity contribution in [2.75, 3.05) is 26.2 Å². The van der Waals surface area contributed by atoms with Gasteiger partial charge in [0.05, 0.1) is 0 Å². The molecular formula is C10H22N2S6Zn3+2. The van der Waals surface area contributed by atoms with Crippen LogP contribution in [-0.2, 0) is 85.4 Å². The van der Waals surface area contributed by atoms with Gasteiger partial charge < -0.3 is 36.8 Å². The predicted molar refractivity (Wildman–Crippen MR) is 104 cm³/mol. The van der Waals surface area contributed by atoms with Crippen molar-refractivity contribution in [1.82, 2.24) is 9.80 Å². The minimum atomic E-state index is 0. The second kappa shape index (κ2) is 30.9. The Morgan fingerprint density at radius 2 is 0.810 bits per heavy atom. The van der Waals surface area contributed by atoms with E-state index in [1.807, 2.05) is 9.80 Å². The van der Waals surface area contributed by atoms with Gasteiger partial charge in [0.1, 0.15) is 8.64 Å². The summed E-state index contributed by atoms with van der Waals surface area (Å²) in [6.45, 7) is 12.1. The Balaban J connectivity index is -0.0000000302. The van der Waals surface area contributed by atoms with Gasteiger partial charge in [-0.15, -0.1) is 25.3 Å². The van der Waals surface area contributed by atoms with Crippen molar-refractivity contribution in [3.8, 4) is 0 Å². The van der Waals surface area contributed by atoms with Gasteiger partial charge in [-0.3, -0.25) is 0 Å². The van der Waals surface area contributed by atoms with Gasteiger partial charge in [0.15, 0.2) is 0 Å². The van der Waals surface area contributed by atoms with Crippen molar-refractivity contribution in [1.29, 1.82) is 0 Å². The Morgan fingerprint density at radius 1 is 0.667 bits per heavy atom. The average molecular weight is 559 g/mol. The Bertz CT molecular complexity index is 195. The van der Waals surface area contributed by atoms with Gasteiger partial charge >= 0.3 is 58.4 Å². The van der Waals surface area contributed by atoms with Crippen LogP contribution in [0.3, 0.4) is 0 Å². The first-order valence-electron chi connectivity index (χ1n) is 5.40. The number of hydrogen-bond donors (Lipinski definition) is 2. The minimum absolute atomic E-state index is 0. The van der Waals surface area contributed by atoms with E-state index >= 15 is 0 Å². The van der Waals surface area contributed by atoms with Crippen LogP contribution in [0.1, 0.15) is 27.7 Å². The van der Waals surface area contributed by atoms with Crippen LogP contribution in [0.15, 0.2) is 0 Å². The monoisotopic (exact) mass is 554 g/mol. The van der Waals surface area contributed by atoms with Crippen LogP contribution in [0, 0.1) is 0 Å². The third kappa shape index (κ3) is 28.1. The maximum Gasteiger partial charge on any atom is 2.00 e. The Labute approximate surface area is 205 Å². The molecule has 0 bridgehead atoms. The van der Waals surface area contributed by atoms with Crippen molar-refractivity contribution in [3.05, 3.63) is 0 Å². The summed E-state index contributed by atoms with van der Waals surface area (Å²) in [5, 5.41) is 0. The van der Waals surface area contributed by atoms with E-state index in [2.05, 4.69) is 53.0 Å². The molecule has 0 aliphatic rings. The number of hydrogen-bond acceptors (Lipinski definition) is 2. The molecule has 21 heavy (non-hydrogen) atoms. The summed E-state index contributed by atoms with van der Waals surface area (Å²) in [7, 11) is 0. The van der Waals surface area contributed by atoms with E-state index in [1.54, 1.807) is 0 Å². The molecule has 2 nitrogen and oxygen atoms in total. The van der Waals surface area contributed by atoms with E-state index in [0.717, 1.165) is 26.2 Å². The van der Waals surface area contributed by atoms with Crippen molar-refractivity contribution >= 4 is 85.3 Å². The van der Waals surface area contributed by atoms with E-state index in [-0.39, 0.29) is 85.4 Å². The fraction of sp³-hybridized carbons (Fsp3) is 0.800. The topological polar surface area (TPSA) is 6.48 Å². The van der Waals surface area contributed by atoms with Gasteiger partial charge in [-0.05, 0) is 27.7 Å². The van der Waals surface area contributed by atoms with E-state index < -0.39 is 0 Å². The van der Waals surface area contributed by atoms with E-state index in [1.165, 1.54) is 0 Å². The molecule has 0 atom stereocenters. The fourth-order valence-electron chi connectivity index (χ4n) is 0.988. The Kier molecular flexibility index (Phi) is 64.6. The van der Waals surface area contributed by atoms with Crippen molar-refractivity contribution in [3.63, 3.8) is 0 Å². The SMILES string of the molecule is CCN(CC)C(=S)S.CCN(CC)C(=S)S.[S-2].[S-2].[Zn+2].[Zn+2].[Zn+2]. The van der Waals surface area contributed by atoms with Crippen LogP contribution in [0.25, 0.3) is 0 Å². The van der Waals surface area contributed by atoms with Crippen LogP contribution < -0.4 is 0 Å². The quantitative estimate of drug-likeness (QED) is 0.311. The normalized spacial score (nSPS) is 6.76. The van der Waals surface area contributed by atoms with Crippen LogP contribution in [-0.4, -0.2) is 44.6 Å². The van der Waals surface area contributed by atoms with Gasteiger partial charge in [0.25, 0.3) is 0 Å². The molecule has 0 saturated heterocycles. The summed E-state index contributed by atoms with van der Waals surface area (Å²) in [5.74, 6) is 0. The maximum atomic E-state index is 4.81. The first-order chi connectivity index (χ1) is 7.44. The molecule has 0 unspecified atom stereocenters. The van der Waals surface area contributed by atoms with Crippen LogP contribution in [0.4, 0.5) is 0 Å². The molecule has 0 N–H and O–H groups in total. The molecule has 0 spiro atoms. The van der Waals surface area contributed by atoms with Crippen molar-refractivity contribution in [2.45, 2.75) is 27.7 Å². The van der Waals surface area contributed by atoms with Gasteiger partial charge in [0, 0.05) is 26.2 Å². The van der Waals surface area contributed by atoms with Crippen LogP contribution in [0.2, 0.25) is 0 Å². The van der Waals surface area contributed by atoms with E-state index in [0.29, 0.717) is 8.64 Å². The van der Waals surface area contributed by atoms with E-state index in [9.17, 15) is 0 Å². The molecule has 11 heteroatoms. The van der Waals surface area contributed by atoms with Crippen LogP contribution in [0.5, 0.6) is 0 Å². The standard InChI is InChI=1S/2C5H11NS2.2S.3Zn/c2*1-3-6(4-2)5(7)8;;;;;/h2*3-4H2,1-2H3,(H,7,8);;;;;/q;;2*-2;3*+2. The molecule has 0 aromatic rings. The fourth-order valence-corrected chi connectivity index (χ4v) is 2.07. The molecule has 0 saturated carbocycles. The number of nitrogens with zero attached hydrogens (tertiary/aromatic N) is 2. The second-order valence-corrected chi connectivity index (χ2v) is 5.14. The largest absolute Gasteiger partial charge is 2.00 e. The number of thiocarbonyl (C=S) groups is 2. The summed E-state index contributed by atoms with van der Waals surface area (Å²) in [5.41, 5.74) is 0. The van der Waals surface area contributed by atoms with Gasteiger partial charge in [-0.25, -0.2) is 0 Å². The molecule has 0 fully saturated rings. The zero-order chi connectivity index (χ0) is 13.1. The summed E-state index contributed by atoms with van der Waals surface area (Å²) in [6, 6.07) is 0. The molecule has 0 radical (unpaired) electrons. The molecule has 0 rings (SSSR count). The zero-order valence-electron chi connectivity index (χ0n) is 13.4. The molecule has 112 valence electrons. The Hall–Kier alpha value is 3.05. The smallest absolute Gasteiger partial charge is 2.00 e. The van der Waals surface area contributed by atoms with Gasteiger partial charge in [-0.1, -0.05) is 24.4 Å². The van der Waals surface area contributed by atoms with Crippen LogP contribution >= 0.6 is 49.7 Å². The summed E-state index contributed by atoms with van der Waals surface area (Å²) in [4.78, 5) is 4.02. The third-order valence-corrected chi connectivity index (χ3v) is 3.15. The minimum Gasteiger partial charge on any atom is -2.00 e. The summed E-state index contributed by atoms with van der Waals surface area (Å²) >= 11 is 17.6. The Morgan fingerprint density at radius 3 is 0.810 bits per heavy atom.